The van der Waals surface area contributed by atoms with Crippen molar-refractivity contribution in [1.29, 1.82) is 0 Å². The Hall–Kier alpha value is -2.25. The molecule has 0 bridgehead atoms. The number of carbonyl (C=O) groups excluding carboxylic acids is 3. The predicted molar refractivity (Wildman–Crippen MR) is 104 cm³/mol. The van der Waals surface area contributed by atoms with Gasteiger partial charge in [0.2, 0.25) is 11.8 Å². The molecule has 0 aromatic heterocycles. The summed E-state index contributed by atoms with van der Waals surface area (Å²) in [5.74, 6) is -0.742. The third-order valence-corrected chi connectivity index (χ3v) is 6.16. The van der Waals surface area contributed by atoms with Crippen molar-refractivity contribution in [3.63, 3.8) is 0 Å². The quantitative estimate of drug-likeness (QED) is 0.761. The first-order valence-corrected chi connectivity index (χ1v) is 10.1. The highest BCUT2D eigenvalue weighted by molar-refractivity contribution is 6.05. The molecular weight excluding hydrogens is 356 g/mol. The van der Waals surface area contributed by atoms with E-state index >= 15 is 0 Å². The molecule has 150 valence electrons. The molecule has 7 nitrogen and oxygen atoms in total. The van der Waals surface area contributed by atoms with Gasteiger partial charge in [0, 0.05) is 43.7 Å². The fourth-order valence-corrected chi connectivity index (χ4v) is 4.44. The predicted octanol–water partition coefficient (Wildman–Crippen LogP) is 1.02. The van der Waals surface area contributed by atoms with Crippen molar-refractivity contribution in [1.82, 2.24) is 20.4 Å². The van der Waals surface area contributed by atoms with E-state index in [1.807, 2.05) is 12.1 Å². The Balaban J connectivity index is 1.51. The molecule has 3 aliphatic heterocycles. The third-order valence-electron chi connectivity index (χ3n) is 6.16. The van der Waals surface area contributed by atoms with Gasteiger partial charge in [0.15, 0.2) is 0 Å². The maximum absolute atomic E-state index is 12.8. The van der Waals surface area contributed by atoms with Gasteiger partial charge in [-0.3, -0.25) is 24.6 Å². The second-order valence-corrected chi connectivity index (χ2v) is 8.66. The molecule has 3 amide bonds. The molecule has 2 N–H and O–H groups in total. The summed E-state index contributed by atoms with van der Waals surface area (Å²) < 4.78 is 0. The first-order valence-electron chi connectivity index (χ1n) is 10.1. The summed E-state index contributed by atoms with van der Waals surface area (Å²) in [5, 5.41) is 5.85. The van der Waals surface area contributed by atoms with Crippen molar-refractivity contribution in [3.8, 4) is 0 Å². The summed E-state index contributed by atoms with van der Waals surface area (Å²) in [5.41, 5.74) is 2.90. The molecular formula is C21H28N4O3. The highest BCUT2D eigenvalue weighted by Gasteiger charge is 2.39. The summed E-state index contributed by atoms with van der Waals surface area (Å²) in [7, 11) is 0. The average molecular weight is 384 g/mol. The maximum atomic E-state index is 12.8. The molecule has 0 saturated carbocycles. The number of nitrogens with one attached hydrogen (secondary N) is 2. The van der Waals surface area contributed by atoms with Crippen LogP contribution in [0.4, 0.5) is 0 Å². The van der Waals surface area contributed by atoms with Crippen molar-refractivity contribution in [2.24, 2.45) is 0 Å². The fourth-order valence-electron chi connectivity index (χ4n) is 4.44. The highest BCUT2D eigenvalue weighted by Crippen LogP contribution is 2.29. The van der Waals surface area contributed by atoms with Crippen LogP contribution in [0.3, 0.4) is 0 Å². The van der Waals surface area contributed by atoms with E-state index in [1.165, 1.54) is 5.56 Å². The lowest BCUT2D eigenvalue weighted by molar-refractivity contribution is -0.136. The topological polar surface area (TPSA) is 81.8 Å². The van der Waals surface area contributed by atoms with Crippen molar-refractivity contribution < 1.29 is 14.4 Å². The number of carbonyl (C=O) groups is 3. The molecule has 4 rings (SSSR count). The van der Waals surface area contributed by atoms with Crippen LogP contribution in [-0.2, 0) is 22.7 Å². The Kier molecular flexibility index (Phi) is 4.97. The molecule has 3 aliphatic rings. The lowest BCUT2D eigenvalue weighted by Crippen LogP contribution is -2.52. The van der Waals surface area contributed by atoms with E-state index in [0.717, 1.165) is 38.2 Å². The number of imide groups is 1. The van der Waals surface area contributed by atoms with Gasteiger partial charge in [0.05, 0.1) is 0 Å². The maximum Gasteiger partial charge on any atom is 0.255 e. The molecule has 1 atom stereocenters. The van der Waals surface area contributed by atoms with E-state index in [2.05, 4.69) is 35.4 Å². The minimum absolute atomic E-state index is 0.0735. The van der Waals surface area contributed by atoms with Crippen LogP contribution in [-0.4, -0.2) is 58.7 Å². The number of amides is 3. The van der Waals surface area contributed by atoms with Crippen LogP contribution in [0.25, 0.3) is 0 Å². The molecule has 1 aromatic carbocycles. The molecule has 2 saturated heterocycles. The summed E-state index contributed by atoms with van der Waals surface area (Å²) in [6.07, 6.45) is 1.79. The van der Waals surface area contributed by atoms with Gasteiger partial charge < -0.3 is 10.2 Å². The van der Waals surface area contributed by atoms with Crippen LogP contribution in [0, 0.1) is 0 Å². The van der Waals surface area contributed by atoms with Crippen LogP contribution in [0.5, 0.6) is 0 Å². The van der Waals surface area contributed by atoms with Crippen LogP contribution in [0.1, 0.15) is 54.6 Å². The Morgan fingerprint density at radius 1 is 1.21 bits per heavy atom. The van der Waals surface area contributed by atoms with Gasteiger partial charge in [0.25, 0.3) is 5.91 Å². The van der Waals surface area contributed by atoms with Crippen LogP contribution >= 0.6 is 0 Å². The van der Waals surface area contributed by atoms with Crippen molar-refractivity contribution in [2.75, 3.05) is 19.6 Å². The molecule has 28 heavy (non-hydrogen) atoms. The van der Waals surface area contributed by atoms with Gasteiger partial charge in [0.1, 0.15) is 6.04 Å². The monoisotopic (exact) mass is 384 g/mol. The summed E-state index contributed by atoms with van der Waals surface area (Å²) in [4.78, 5) is 40.5. The van der Waals surface area contributed by atoms with Gasteiger partial charge in [-0.2, -0.15) is 0 Å². The van der Waals surface area contributed by atoms with Gasteiger partial charge in [-0.25, -0.2) is 0 Å². The fraction of sp³-hybridized carbons (Fsp3) is 0.571. The highest BCUT2D eigenvalue weighted by atomic mass is 16.2. The van der Waals surface area contributed by atoms with Gasteiger partial charge in [-0.1, -0.05) is 12.1 Å². The number of nitrogens with zero attached hydrogens (tertiary/aromatic N) is 2. The first kappa shape index (κ1) is 19.1. The zero-order valence-corrected chi connectivity index (χ0v) is 16.6. The molecule has 0 radical (unpaired) electrons. The number of hydrogen-bond acceptors (Lipinski definition) is 5. The molecule has 0 aliphatic carbocycles. The van der Waals surface area contributed by atoms with E-state index in [4.69, 9.17) is 0 Å². The van der Waals surface area contributed by atoms with E-state index in [-0.39, 0.29) is 29.7 Å². The Morgan fingerprint density at radius 3 is 2.82 bits per heavy atom. The van der Waals surface area contributed by atoms with Crippen molar-refractivity contribution in [3.05, 3.63) is 34.9 Å². The number of piperidine rings is 1. The summed E-state index contributed by atoms with van der Waals surface area (Å²) in [6, 6.07) is 5.46. The van der Waals surface area contributed by atoms with Gasteiger partial charge in [-0.15, -0.1) is 0 Å². The molecule has 1 aromatic rings. The minimum atomic E-state index is -0.559. The molecule has 1 unspecified atom stereocenters. The zero-order valence-electron chi connectivity index (χ0n) is 16.6. The van der Waals surface area contributed by atoms with E-state index in [1.54, 1.807) is 4.90 Å². The van der Waals surface area contributed by atoms with Crippen LogP contribution in [0.2, 0.25) is 0 Å². The second kappa shape index (κ2) is 7.29. The largest absolute Gasteiger partial charge is 0.322 e. The number of benzene rings is 1. The minimum Gasteiger partial charge on any atom is -0.322 e. The number of hydrogen-bond donors (Lipinski definition) is 2. The van der Waals surface area contributed by atoms with Gasteiger partial charge in [-0.05, 0) is 50.4 Å². The van der Waals surface area contributed by atoms with Gasteiger partial charge >= 0.3 is 0 Å². The Bertz CT molecular complexity index is 820. The molecule has 2 fully saturated rings. The van der Waals surface area contributed by atoms with E-state index < -0.39 is 6.04 Å². The SMILES string of the molecule is CC1(C)CNCCCN1Cc1ccc2c(c1)CN(C1CCC(=O)NC1=O)C2=O. The molecule has 0 spiro atoms. The lowest BCUT2D eigenvalue weighted by Gasteiger charge is -2.37. The summed E-state index contributed by atoms with van der Waals surface area (Å²) in [6.45, 7) is 8.82. The van der Waals surface area contributed by atoms with E-state index in [9.17, 15) is 14.4 Å². The molecule has 3 heterocycles. The normalized spacial score (nSPS) is 25.4. The zero-order chi connectivity index (χ0) is 19.9. The smallest absolute Gasteiger partial charge is 0.255 e. The number of rotatable bonds is 3. The van der Waals surface area contributed by atoms with Crippen LogP contribution in [0.15, 0.2) is 18.2 Å². The Morgan fingerprint density at radius 2 is 2.04 bits per heavy atom. The molecule has 7 heteroatoms. The standard InChI is InChI=1S/C21H28N4O3/c1-21(2)13-22-8-3-9-24(21)11-14-4-5-16-15(10-14)12-25(20(16)28)17-6-7-18(26)23-19(17)27/h4-5,10,17,22H,3,6-9,11-13H2,1-2H3,(H,23,26,27). The third kappa shape index (κ3) is 3.56. The number of fused-ring (bicyclic) bond motifs is 1. The van der Waals surface area contributed by atoms with Crippen LogP contribution < -0.4 is 10.6 Å². The Labute approximate surface area is 165 Å². The summed E-state index contributed by atoms with van der Waals surface area (Å²) >= 11 is 0. The van der Waals surface area contributed by atoms with Crippen molar-refractivity contribution >= 4 is 17.7 Å². The lowest BCUT2D eigenvalue weighted by atomic mass is 10.0. The second-order valence-electron chi connectivity index (χ2n) is 8.66. The van der Waals surface area contributed by atoms with E-state index in [0.29, 0.717) is 18.5 Å². The average Bonchev–Trinajstić information content (AvgIpc) is 2.86. The first-order chi connectivity index (χ1) is 13.3. The van der Waals surface area contributed by atoms with Crippen molar-refractivity contribution in [2.45, 2.75) is 57.8 Å².